The summed E-state index contributed by atoms with van der Waals surface area (Å²) in [5, 5.41) is 7.20. The molecule has 5 aromatic rings. The molecule has 0 unspecified atom stereocenters. The lowest BCUT2D eigenvalue weighted by Crippen LogP contribution is -2.57. The Kier molecular flexibility index (Phi) is 5.82. The average molecular weight is 502 g/mol. The molecule has 8 nitrogen and oxygen atoms in total. The van der Waals surface area contributed by atoms with Crippen molar-refractivity contribution in [1.29, 1.82) is 0 Å². The van der Waals surface area contributed by atoms with Crippen molar-refractivity contribution in [2.45, 2.75) is 19.5 Å². The molecule has 2 aromatic carbocycles. The van der Waals surface area contributed by atoms with Crippen LogP contribution in [0.25, 0.3) is 32.5 Å². The highest BCUT2D eigenvalue weighted by Gasteiger charge is 2.27. The lowest BCUT2D eigenvalue weighted by Gasteiger charge is -2.34. The van der Waals surface area contributed by atoms with Gasteiger partial charge < -0.3 is 20.5 Å². The number of hydrogen-bond donors (Lipinski definition) is 3. The fraction of sp³-hybridized carbons (Fsp3) is 0.231. The van der Waals surface area contributed by atoms with Crippen LogP contribution in [-0.4, -0.2) is 51.5 Å². The van der Waals surface area contributed by atoms with Crippen LogP contribution >= 0.6 is 11.3 Å². The predicted octanol–water partition coefficient (Wildman–Crippen LogP) is 3.78. The summed E-state index contributed by atoms with van der Waals surface area (Å²) in [6, 6.07) is 12.8. The Balaban J connectivity index is 1.19. The van der Waals surface area contributed by atoms with E-state index in [9.17, 15) is 9.18 Å². The third kappa shape index (κ3) is 4.29. The van der Waals surface area contributed by atoms with Crippen molar-refractivity contribution in [2.75, 3.05) is 24.5 Å². The van der Waals surface area contributed by atoms with Gasteiger partial charge in [-0.1, -0.05) is 18.2 Å². The number of carbonyl (C=O) groups excluding carboxylic acids is 1. The van der Waals surface area contributed by atoms with Crippen molar-refractivity contribution in [3.8, 4) is 11.3 Å². The van der Waals surface area contributed by atoms with Crippen LogP contribution in [0.4, 0.5) is 10.2 Å². The highest BCUT2D eigenvalue weighted by molar-refractivity contribution is 7.16. The van der Waals surface area contributed by atoms with E-state index in [0.29, 0.717) is 37.4 Å². The van der Waals surface area contributed by atoms with Gasteiger partial charge in [-0.15, -0.1) is 11.3 Å². The zero-order chi connectivity index (χ0) is 24.6. The second kappa shape index (κ2) is 9.29. The molecule has 0 saturated carbocycles. The molecule has 0 aliphatic carbocycles. The van der Waals surface area contributed by atoms with Gasteiger partial charge in [-0.25, -0.2) is 19.3 Å². The third-order valence-corrected chi connectivity index (χ3v) is 7.35. The lowest BCUT2D eigenvalue weighted by atomic mass is 10.1. The Morgan fingerprint density at radius 2 is 2.11 bits per heavy atom. The SMILES string of the molecule is Cc1ccc(-c2cc3c(N4CCN[C@H](C(=O)NCc5ccc6scnc6c5)C4)ncnc3[nH]2)cc1F. The van der Waals surface area contributed by atoms with E-state index < -0.39 is 0 Å². The van der Waals surface area contributed by atoms with Gasteiger partial charge in [0.25, 0.3) is 0 Å². The number of aromatic nitrogens is 4. The zero-order valence-corrected chi connectivity index (χ0v) is 20.4. The number of fused-ring (bicyclic) bond motifs is 2. The third-order valence-electron chi connectivity index (χ3n) is 6.54. The molecule has 1 atom stereocenters. The summed E-state index contributed by atoms with van der Waals surface area (Å²) < 4.78 is 15.3. The van der Waals surface area contributed by atoms with Crippen LogP contribution in [0.15, 0.2) is 54.3 Å². The minimum Gasteiger partial charge on any atom is -0.353 e. The number of carbonyl (C=O) groups is 1. The largest absolute Gasteiger partial charge is 0.353 e. The number of nitrogens with zero attached hydrogens (tertiary/aromatic N) is 4. The average Bonchev–Trinajstić information content (AvgIpc) is 3.55. The summed E-state index contributed by atoms with van der Waals surface area (Å²) in [4.78, 5) is 31.6. The molecular weight excluding hydrogens is 477 g/mol. The van der Waals surface area contributed by atoms with Crippen molar-refractivity contribution < 1.29 is 9.18 Å². The van der Waals surface area contributed by atoms with E-state index in [2.05, 4.69) is 35.5 Å². The van der Waals surface area contributed by atoms with E-state index in [-0.39, 0.29) is 17.8 Å². The van der Waals surface area contributed by atoms with E-state index in [4.69, 9.17) is 0 Å². The number of aryl methyl sites for hydroxylation is 1. The number of hydrogen-bond acceptors (Lipinski definition) is 7. The molecule has 1 aliphatic heterocycles. The van der Waals surface area contributed by atoms with Crippen molar-refractivity contribution in [3.63, 3.8) is 0 Å². The van der Waals surface area contributed by atoms with Gasteiger partial charge in [-0.3, -0.25) is 4.79 Å². The Labute approximate surface area is 210 Å². The van der Waals surface area contributed by atoms with E-state index in [1.165, 1.54) is 12.4 Å². The fourth-order valence-electron chi connectivity index (χ4n) is 4.54. The summed E-state index contributed by atoms with van der Waals surface area (Å²) in [6.07, 6.45) is 1.51. The molecule has 1 amide bonds. The van der Waals surface area contributed by atoms with Crippen LogP contribution in [0.5, 0.6) is 0 Å². The summed E-state index contributed by atoms with van der Waals surface area (Å²) in [7, 11) is 0. The number of H-pyrrole nitrogens is 1. The summed E-state index contributed by atoms with van der Waals surface area (Å²) in [5.41, 5.74) is 6.57. The lowest BCUT2D eigenvalue weighted by molar-refractivity contribution is -0.123. The Bertz CT molecular complexity index is 1580. The molecule has 3 N–H and O–H groups in total. The van der Waals surface area contributed by atoms with Crippen LogP contribution < -0.4 is 15.5 Å². The molecule has 0 radical (unpaired) electrons. The standard InChI is InChI=1S/C26H24FN7OS/c1-15-2-4-17(9-19(15)27)20-10-18-24(33-20)30-13-31-25(18)34-7-6-28-22(12-34)26(35)29-11-16-3-5-23-21(8-16)32-14-36-23/h2-5,8-10,13-14,22,28H,6-7,11-12H2,1H3,(H,29,35)(H,30,31,33)/t22-/m0/s1. The minimum atomic E-state index is -0.378. The monoisotopic (exact) mass is 501 g/mol. The van der Waals surface area contributed by atoms with E-state index in [0.717, 1.165) is 38.2 Å². The Hall–Kier alpha value is -3.89. The number of anilines is 1. The molecule has 0 spiro atoms. The number of amides is 1. The van der Waals surface area contributed by atoms with Gasteiger partial charge in [0, 0.05) is 37.4 Å². The first-order chi connectivity index (χ1) is 17.5. The van der Waals surface area contributed by atoms with Gasteiger partial charge in [-0.2, -0.15) is 0 Å². The first kappa shape index (κ1) is 22.6. The first-order valence-electron chi connectivity index (χ1n) is 11.7. The van der Waals surface area contributed by atoms with Crippen molar-refractivity contribution in [1.82, 2.24) is 30.6 Å². The number of benzene rings is 2. The second-order valence-electron chi connectivity index (χ2n) is 8.93. The number of halogens is 1. The molecule has 6 rings (SSSR count). The number of thiazole rings is 1. The number of nitrogens with one attached hydrogen (secondary N) is 3. The Morgan fingerprint density at radius 3 is 3.00 bits per heavy atom. The van der Waals surface area contributed by atoms with Crippen LogP contribution in [0, 0.1) is 12.7 Å². The van der Waals surface area contributed by atoms with Gasteiger partial charge >= 0.3 is 0 Å². The van der Waals surface area contributed by atoms with Gasteiger partial charge in [0.05, 0.1) is 21.1 Å². The van der Waals surface area contributed by atoms with Crippen LogP contribution in [-0.2, 0) is 11.3 Å². The maximum absolute atomic E-state index is 14.1. The maximum Gasteiger partial charge on any atom is 0.239 e. The second-order valence-corrected chi connectivity index (χ2v) is 9.82. The zero-order valence-electron chi connectivity index (χ0n) is 19.6. The topological polar surface area (TPSA) is 98.8 Å². The number of rotatable bonds is 5. The van der Waals surface area contributed by atoms with E-state index >= 15 is 0 Å². The minimum absolute atomic E-state index is 0.0618. The Morgan fingerprint density at radius 1 is 1.19 bits per heavy atom. The van der Waals surface area contributed by atoms with Crippen LogP contribution in [0.2, 0.25) is 0 Å². The highest BCUT2D eigenvalue weighted by atomic mass is 32.1. The summed E-state index contributed by atoms with van der Waals surface area (Å²) in [6.45, 7) is 4.01. The smallest absolute Gasteiger partial charge is 0.239 e. The van der Waals surface area contributed by atoms with Gasteiger partial charge in [0.1, 0.15) is 29.7 Å². The number of aromatic amines is 1. The van der Waals surface area contributed by atoms with Gasteiger partial charge in [0.15, 0.2) is 0 Å². The quantitative estimate of drug-likeness (QED) is 0.339. The van der Waals surface area contributed by atoms with Crippen molar-refractivity contribution in [2.24, 2.45) is 0 Å². The molecule has 3 aromatic heterocycles. The van der Waals surface area contributed by atoms with E-state index in [1.807, 2.05) is 35.8 Å². The molecule has 1 saturated heterocycles. The molecular formula is C26H24FN7OS. The van der Waals surface area contributed by atoms with E-state index in [1.54, 1.807) is 24.3 Å². The number of piperazine rings is 1. The maximum atomic E-state index is 14.1. The molecule has 1 aliphatic rings. The molecule has 36 heavy (non-hydrogen) atoms. The molecule has 1 fully saturated rings. The predicted molar refractivity (Wildman–Crippen MR) is 139 cm³/mol. The first-order valence-corrected chi connectivity index (χ1v) is 12.6. The van der Waals surface area contributed by atoms with Crippen LogP contribution in [0.1, 0.15) is 11.1 Å². The van der Waals surface area contributed by atoms with Crippen molar-refractivity contribution >= 4 is 44.3 Å². The van der Waals surface area contributed by atoms with Crippen molar-refractivity contribution in [3.05, 3.63) is 71.2 Å². The highest BCUT2D eigenvalue weighted by Crippen LogP contribution is 2.30. The van der Waals surface area contributed by atoms with Gasteiger partial charge in [-0.05, 0) is 42.3 Å². The molecule has 4 heterocycles. The molecule has 182 valence electrons. The van der Waals surface area contributed by atoms with Gasteiger partial charge in [0.2, 0.25) is 5.91 Å². The fourth-order valence-corrected chi connectivity index (χ4v) is 5.20. The van der Waals surface area contributed by atoms with Crippen LogP contribution in [0.3, 0.4) is 0 Å². The summed E-state index contributed by atoms with van der Waals surface area (Å²) >= 11 is 1.60. The molecule has 0 bridgehead atoms. The summed E-state index contributed by atoms with van der Waals surface area (Å²) in [5.74, 6) is 0.441. The molecule has 10 heteroatoms. The normalized spacial score (nSPS) is 16.1.